The molecule has 1 aliphatic heterocycles. The Bertz CT molecular complexity index is 837. The van der Waals surface area contributed by atoms with Crippen LogP contribution in [0.1, 0.15) is 48.2 Å². The van der Waals surface area contributed by atoms with Crippen molar-refractivity contribution in [3.05, 3.63) is 66.0 Å². The topological polar surface area (TPSA) is 62.7 Å². The Morgan fingerprint density at radius 3 is 2.50 bits per heavy atom. The number of aromatic nitrogens is 1. The Labute approximate surface area is 177 Å². The molecule has 6 nitrogen and oxygen atoms in total. The summed E-state index contributed by atoms with van der Waals surface area (Å²) >= 11 is 0. The molecule has 1 atom stereocenters. The van der Waals surface area contributed by atoms with Gasteiger partial charge in [0.15, 0.2) is 0 Å². The summed E-state index contributed by atoms with van der Waals surface area (Å²) in [5.41, 5.74) is 1.44. The second-order valence-electron chi connectivity index (χ2n) is 8.16. The highest BCUT2D eigenvalue weighted by atomic mass is 16.5. The summed E-state index contributed by atoms with van der Waals surface area (Å²) in [6, 6.07) is 15.5. The molecule has 1 aliphatic carbocycles. The first kappa shape index (κ1) is 20.5. The Hall–Kier alpha value is -2.73. The van der Waals surface area contributed by atoms with Gasteiger partial charge in [-0.3, -0.25) is 14.6 Å². The van der Waals surface area contributed by atoms with E-state index in [1.54, 1.807) is 29.3 Å². The number of hydrogen-bond acceptors (Lipinski definition) is 4. The van der Waals surface area contributed by atoms with Crippen LogP contribution in [0.25, 0.3) is 0 Å². The van der Waals surface area contributed by atoms with E-state index in [0.29, 0.717) is 25.4 Å². The quantitative estimate of drug-likeness (QED) is 0.763. The average molecular weight is 408 g/mol. The van der Waals surface area contributed by atoms with Gasteiger partial charge in [-0.1, -0.05) is 55.7 Å². The number of amides is 2. The summed E-state index contributed by atoms with van der Waals surface area (Å²) in [4.78, 5) is 33.9. The summed E-state index contributed by atoms with van der Waals surface area (Å²) in [7, 11) is 0. The average Bonchev–Trinajstić information content (AvgIpc) is 2.98. The highest BCUT2D eigenvalue weighted by Gasteiger charge is 2.35. The molecule has 2 aromatic rings. The first-order chi connectivity index (χ1) is 14.7. The molecule has 1 aromatic heterocycles. The molecule has 0 bridgehead atoms. The Morgan fingerprint density at radius 2 is 1.77 bits per heavy atom. The maximum Gasteiger partial charge on any atom is 0.273 e. The van der Waals surface area contributed by atoms with Gasteiger partial charge in [-0.25, -0.2) is 0 Å². The molecule has 1 aromatic carbocycles. The summed E-state index contributed by atoms with van der Waals surface area (Å²) < 4.78 is 6.23. The molecular weight excluding hydrogens is 378 g/mol. The summed E-state index contributed by atoms with van der Waals surface area (Å²) in [5.74, 6) is -0.209. The van der Waals surface area contributed by atoms with Gasteiger partial charge in [0.05, 0.1) is 12.7 Å². The van der Waals surface area contributed by atoms with Gasteiger partial charge in [0, 0.05) is 25.3 Å². The van der Waals surface area contributed by atoms with Crippen molar-refractivity contribution in [3.63, 3.8) is 0 Å². The van der Waals surface area contributed by atoms with E-state index in [9.17, 15) is 9.59 Å². The normalized spacial score (nSPS) is 20.8. The van der Waals surface area contributed by atoms with E-state index in [2.05, 4.69) is 4.98 Å². The van der Waals surface area contributed by atoms with Crippen LogP contribution in [0.15, 0.2) is 54.7 Å². The fraction of sp³-hybridized carbons (Fsp3) is 0.458. The smallest absolute Gasteiger partial charge is 0.273 e. The molecule has 0 N–H and O–H groups in total. The monoisotopic (exact) mass is 407 g/mol. The number of benzene rings is 1. The van der Waals surface area contributed by atoms with Crippen LogP contribution in [-0.2, 0) is 16.1 Å². The number of pyridine rings is 1. The number of nitrogens with zero attached hydrogens (tertiary/aromatic N) is 3. The van der Waals surface area contributed by atoms with Crippen molar-refractivity contribution >= 4 is 11.8 Å². The van der Waals surface area contributed by atoms with Crippen LogP contribution in [-0.4, -0.2) is 58.4 Å². The van der Waals surface area contributed by atoms with Crippen molar-refractivity contribution in [1.29, 1.82) is 0 Å². The zero-order valence-electron chi connectivity index (χ0n) is 17.3. The lowest BCUT2D eigenvalue weighted by atomic mass is 9.94. The molecule has 6 heteroatoms. The second-order valence-corrected chi connectivity index (χ2v) is 8.16. The minimum atomic E-state index is -0.230. The molecule has 1 saturated carbocycles. The molecule has 0 radical (unpaired) electrons. The van der Waals surface area contributed by atoms with Gasteiger partial charge in [-0.05, 0) is 30.5 Å². The predicted octanol–water partition coefficient (Wildman–Crippen LogP) is 3.28. The van der Waals surface area contributed by atoms with Crippen molar-refractivity contribution in [1.82, 2.24) is 14.8 Å². The van der Waals surface area contributed by atoms with E-state index in [-0.39, 0.29) is 30.5 Å². The molecule has 30 heavy (non-hydrogen) atoms. The van der Waals surface area contributed by atoms with Crippen molar-refractivity contribution in [2.75, 3.05) is 19.6 Å². The molecular formula is C24H29N3O3. The fourth-order valence-electron chi connectivity index (χ4n) is 4.39. The lowest BCUT2D eigenvalue weighted by Crippen LogP contribution is -2.46. The number of ether oxygens (including phenoxy) is 1. The van der Waals surface area contributed by atoms with Crippen molar-refractivity contribution < 1.29 is 14.3 Å². The van der Waals surface area contributed by atoms with Crippen LogP contribution in [0.4, 0.5) is 0 Å². The lowest BCUT2D eigenvalue weighted by Gasteiger charge is -2.34. The first-order valence-electron chi connectivity index (χ1n) is 10.9. The highest BCUT2D eigenvalue weighted by Crippen LogP contribution is 2.25. The van der Waals surface area contributed by atoms with E-state index in [4.69, 9.17) is 4.74 Å². The number of rotatable bonds is 5. The first-order valence-corrected chi connectivity index (χ1v) is 10.9. The molecule has 0 unspecified atom stereocenters. The third-order valence-electron chi connectivity index (χ3n) is 5.99. The Kier molecular flexibility index (Phi) is 6.74. The van der Waals surface area contributed by atoms with Crippen LogP contribution >= 0.6 is 0 Å². The van der Waals surface area contributed by atoms with Gasteiger partial charge in [0.2, 0.25) is 5.91 Å². The minimum absolute atomic E-state index is 0.0111. The van der Waals surface area contributed by atoms with Crippen LogP contribution in [0.5, 0.6) is 0 Å². The molecule has 1 saturated heterocycles. The highest BCUT2D eigenvalue weighted by molar-refractivity contribution is 5.95. The fourth-order valence-corrected chi connectivity index (χ4v) is 4.39. The summed E-state index contributed by atoms with van der Waals surface area (Å²) in [6.07, 6.45) is 6.98. The molecule has 158 valence electrons. The molecule has 2 fully saturated rings. The molecule has 0 spiro atoms. The van der Waals surface area contributed by atoms with E-state index in [0.717, 1.165) is 31.2 Å². The summed E-state index contributed by atoms with van der Waals surface area (Å²) in [5, 5.41) is 0. The molecule has 2 aliphatic rings. The Balaban J connectivity index is 1.52. The van der Waals surface area contributed by atoms with Gasteiger partial charge in [0.25, 0.3) is 5.91 Å². The summed E-state index contributed by atoms with van der Waals surface area (Å²) in [6.45, 7) is 1.46. The molecule has 4 rings (SSSR count). The van der Waals surface area contributed by atoms with Crippen LogP contribution in [0.2, 0.25) is 0 Å². The zero-order valence-corrected chi connectivity index (χ0v) is 17.3. The van der Waals surface area contributed by atoms with Gasteiger partial charge in [0.1, 0.15) is 12.2 Å². The standard InChI is InChI=1S/C24H29N3O3/c28-23-17-26(24(29)22-13-7-8-14-25-22)15-21(30-18-19-9-3-1-4-10-19)16-27(23)20-11-5-2-6-12-20/h1,3-4,7-10,13-14,20-21H,2,5-6,11-12,15-18H2/t21-/m1/s1. The van der Waals surface area contributed by atoms with Crippen molar-refractivity contribution in [2.45, 2.75) is 50.9 Å². The van der Waals surface area contributed by atoms with E-state index in [1.165, 1.54) is 6.42 Å². The number of hydrogen-bond donors (Lipinski definition) is 0. The van der Waals surface area contributed by atoms with E-state index in [1.807, 2.05) is 35.2 Å². The number of carbonyl (C=O) groups is 2. The van der Waals surface area contributed by atoms with Gasteiger partial charge < -0.3 is 14.5 Å². The second kappa shape index (κ2) is 9.85. The van der Waals surface area contributed by atoms with Gasteiger partial charge >= 0.3 is 0 Å². The maximum atomic E-state index is 13.1. The molecule has 2 heterocycles. The Morgan fingerprint density at radius 1 is 1.00 bits per heavy atom. The van der Waals surface area contributed by atoms with E-state index < -0.39 is 0 Å². The third kappa shape index (κ3) is 5.05. The largest absolute Gasteiger partial charge is 0.370 e. The minimum Gasteiger partial charge on any atom is -0.370 e. The van der Waals surface area contributed by atoms with Crippen molar-refractivity contribution in [3.8, 4) is 0 Å². The number of carbonyl (C=O) groups excluding carboxylic acids is 2. The molecule has 2 amide bonds. The van der Waals surface area contributed by atoms with Crippen LogP contribution in [0.3, 0.4) is 0 Å². The van der Waals surface area contributed by atoms with Gasteiger partial charge in [-0.15, -0.1) is 0 Å². The zero-order chi connectivity index (χ0) is 20.8. The predicted molar refractivity (Wildman–Crippen MR) is 114 cm³/mol. The van der Waals surface area contributed by atoms with Crippen molar-refractivity contribution in [2.24, 2.45) is 0 Å². The SMILES string of the molecule is O=C(c1ccccn1)N1CC(=O)N(C2CCCCC2)C[C@H](OCc2ccccc2)C1. The van der Waals surface area contributed by atoms with Gasteiger partial charge in [-0.2, -0.15) is 0 Å². The maximum absolute atomic E-state index is 13.1. The third-order valence-corrected chi connectivity index (χ3v) is 5.99. The van der Waals surface area contributed by atoms with Crippen LogP contribution in [0, 0.1) is 0 Å². The lowest BCUT2D eigenvalue weighted by molar-refractivity contribution is -0.134. The van der Waals surface area contributed by atoms with Crippen LogP contribution < -0.4 is 0 Å². The van der Waals surface area contributed by atoms with E-state index >= 15 is 0 Å².